The van der Waals surface area contributed by atoms with Crippen LogP contribution in [-0.2, 0) is 11.2 Å². The fraction of sp³-hybridized carbons (Fsp3) is 0.333. The molecule has 2 heterocycles. The van der Waals surface area contributed by atoms with Crippen LogP contribution in [0.4, 0.5) is 0 Å². The Morgan fingerprint density at radius 1 is 1.39 bits per heavy atom. The van der Waals surface area contributed by atoms with E-state index in [1.807, 2.05) is 24.3 Å². The summed E-state index contributed by atoms with van der Waals surface area (Å²) in [6.45, 7) is 2.76. The molecule has 2 atom stereocenters. The molecule has 23 heavy (non-hydrogen) atoms. The molecule has 5 heteroatoms. The summed E-state index contributed by atoms with van der Waals surface area (Å²) in [6, 6.07) is 10.1. The normalized spacial score (nSPS) is 19.9. The fourth-order valence-electron chi connectivity index (χ4n) is 3.10. The van der Waals surface area contributed by atoms with Crippen molar-refractivity contribution in [3.05, 3.63) is 52.0 Å². The van der Waals surface area contributed by atoms with Crippen molar-refractivity contribution in [2.45, 2.75) is 25.7 Å². The SMILES string of the molecule is Cc1ccsc1[C@H]1C[C@H]1C(=O)NCCc1nc2ccccc2[nH]1. The summed E-state index contributed by atoms with van der Waals surface area (Å²) in [6.07, 6.45) is 1.72. The second-order valence-electron chi connectivity index (χ2n) is 6.16. The molecule has 1 aliphatic carbocycles. The Morgan fingerprint density at radius 2 is 2.26 bits per heavy atom. The molecule has 1 fully saturated rings. The van der Waals surface area contributed by atoms with Gasteiger partial charge in [0, 0.05) is 29.7 Å². The lowest BCUT2D eigenvalue weighted by atomic mass is 10.2. The van der Waals surface area contributed by atoms with Gasteiger partial charge < -0.3 is 10.3 Å². The molecule has 1 aromatic carbocycles. The number of carbonyl (C=O) groups excluding carboxylic acids is 1. The van der Waals surface area contributed by atoms with Crippen LogP contribution in [0.15, 0.2) is 35.7 Å². The minimum atomic E-state index is 0.156. The Kier molecular flexibility index (Phi) is 3.65. The van der Waals surface area contributed by atoms with Gasteiger partial charge in [-0.05, 0) is 42.5 Å². The van der Waals surface area contributed by atoms with Crippen LogP contribution in [-0.4, -0.2) is 22.4 Å². The van der Waals surface area contributed by atoms with Crippen LogP contribution in [0.5, 0.6) is 0 Å². The van der Waals surface area contributed by atoms with E-state index in [0.717, 1.165) is 29.7 Å². The molecule has 0 saturated heterocycles. The average molecular weight is 325 g/mol. The second-order valence-corrected chi connectivity index (χ2v) is 7.11. The average Bonchev–Trinajstić information content (AvgIpc) is 3.04. The van der Waals surface area contributed by atoms with Gasteiger partial charge >= 0.3 is 0 Å². The summed E-state index contributed by atoms with van der Waals surface area (Å²) in [5.74, 6) is 1.69. The Bertz CT molecular complexity index is 818. The van der Waals surface area contributed by atoms with Crippen LogP contribution in [0.3, 0.4) is 0 Å². The number of nitrogens with one attached hydrogen (secondary N) is 2. The van der Waals surface area contributed by atoms with Crippen LogP contribution in [0.1, 0.15) is 28.6 Å². The maximum atomic E-state index is 12.2. The smallest absolute Gasteiger partial charge is 0.223 e. The molecule has 2 N–H and O–H groups in total. The van der Waals surface area contributed by atoms with Crippen molar-refractivity contribution in [3.63, 3.8) is 0 Å². The lowest BCUT2D eigenvalue weighted by Gasteiger charge is -2.03. The first kappa shape index (κ1) is 14.5. The van der Waals surface area contributed by atoms with E-state index in [-0.39, 0.29) is 11.8 Å². The number of fused-ring (bicyclic) bond motifs is 1. The molecule has 2 aromatic heterocycles. The van der Waals surface area contributed by atoms with Crippen molar-refractivity contribution < 1.29 is 4.79 Å². The van der Waals surface area contributed by atoms with Crippen molar-refractivity contribution in [1.29, 1.82) is 0 Å². The Balaban J connectivity index is 1.30. The molecular weight excluding hydrogens is 306 g/mol. The number of hydrogen-bond acceptors (Lipinski definition) is 3. The summed E-state index contributed by atoms with van der Waals surface area (Å²) < 4.78 is 0. The minimum Gasteiger partial charge on any atom is -0.355 e. The van der Waals surface area contributed by atoms with Crippen molar-refractivity contribution in [2.24, 2.45) is 5.92 Å². The van der Waals surface area contributed by atoms with Crippen LogP contribution in [0.2, 0.25) is 0 Å². The predicted molar refractivity (Wildman–Crippen MR) is 92.7 cm³/mol. The molecule has 1 amide bonds. The largest absolute Gasteiger partial charge is 0.355 e. The number of thiophene rings is 1. The van der Waals surface area contributed by atoms with Gasteiger partial charge in [0.05, 0.1) is 11.0 Å². The van der Waals surface area contributed by atoms with Crippen LogP contribution in [0.25, 0.3) is 11.0 Å². The highest BCUT2D eigenvalue weighted by atomic mass is 32.1. The number of H-pyrrole nitrogens is 1. The van der Waals surface area contributed by atoms with Crippen molar-refractivity contribution in [2.75, 3.05) is 6.54 Å². The fourth-order valence-corrected chi connectivity index (χ4v) is 4.21. The second kappa shape index (κ2) is 5.81. The topological polar surface area (TPSA) is 57.8 Å². The molecule has 118 valence electrons. The number of aromatic amines is 1. The first-order valence-corrected chi connectivity index (χ1v) is 8.85. The van der Waals surface area contributed by atoms with Gasteiger partial charge in [0.2, 0.25) is 5.91 Å². The van der Waals surface area contributed by atoms with Crippen molar-refractivity contribution in [3.8, 4) is 0 Å². The first-order valence-electron chi connectivity index (χ1n) is 7.97. The molecule has 0 unspecified atom stereocenters. The van der Waals surface area contributed by atoms with E-state index < -0.39 is 0 Å². The number of aromatic nitrogens is 2. The van der Waals surface area contributed by atoms with E-state index in [9.17, 15) is 4.79 Å². The van der Waals surface area contributed by atoms with Gasteiger partial charge in [-0.3, -0.25) is 4.79 Å². The quantitative estimate of drug-likeness (QED) is 0.755. The van der Waals surface area contributed by atoms with Gasteiger partial charge in [-0.1, -0.05) is 12.1 Å². The zero-order valence-corrected chi connectivity index (χ0v) is 13.8. The van der Waals surface area contributed by atoms with E-state index in [1.54, 1.807) is 11.3 Å². The highest BCUT2D eigenvalue weighted by Gasteiger charge is 2.45. The standard InChI is InChI=1S/C18H19N3OS/c1-11-7-9-23-17(11)12-10-13(12)18(22)19-8-6-16-20-14-4-2-3-5-15(14)21-16/h2-5,7,9,12-13H,6,8,10H2,1H3,(H,19,22)(H,20,21)/t12-,13+/m0/s1. The molecule has 0 radical (unpaired) electrons. The molecular formula is C18H19N3OS. The molecule has 0 spiro atoms. The number of carbonyl (C=O) groups is 1. The van der Waals surface area contributed by atoms with Crippen molar-refractivity contribution in [1.82, 2.24) is 15.3 Å². The van der Waals surface area contributed by atoms with E-state index >= 15 is 0 Å². The van der Waals surface area contributed by atoms with E-state index in [4.69, 9.17) is 0 Å². The number of para-hydroxylation sites is 2. The number of aryl methyl sites for hydroxylation is 1. The van der Waals surface area contributed by atoms with E-state index in [2.05, 4.69) is 33.7 Å². The highest BCUT2D eigenvalue weighted by Crippen LogP contribution is 2.50. The molecule has 0 aliphatic heterocycles. The summed E-state index contributed by atoms with van der Waals surface area (Å²) in [7, 11) is 0. The van der Waals surface area contributed by atoms with Gasteiger partial charge in [0.1, 0.15) is 5.82 Å². The van der Waals surface area contributed by atoms with Gasteiger partial charge in [0.15, 0.2) is 0 Å². The number of imidazole rings is 1. The number of benzene rings is 1. The minimum absolute atomic E-state index is 0.156. The lowest BCUT2D eigenvalue weighted by molar-refractivity contribution is -0.122. The number of hydrogen-bond donors (Lipinski definition) is 2. The van der Waals surface area contributed by atoms with E-state index in [1.165, 1.54) is 10.4 Å². The third-order valence-corrected chi connectivity index (χ3v) is 5.62. The monoisotopic (exact) mass is 325 g/mol. The Hall–Kier alpha value is -2.14. The highest BCUT2D eigenvalue weighted by molar-refractivity contribution is 7.10. The Labute approximate surface area is 138 Å². The summed E-state index contributed by atoms with van der Waals surface area (Å²) in [5.41, 5.74) is 3.34. The van der Waals surface area contributed by atoms with Crippen LogP contribution in [0, 0.1) is 12.8 Å². The third kappa shape index (κ3) is 2.88. The lowest BCUT2D eigenvalue weighted by Crippen LogP contribution is -2.27. The van der Waals surface area contributed by atoms with E-state index in [0.29, 0.717) is 12.5 Å². The summed E-state index contributed by atoms with van der Waals surface area (Å²) >= 11 is 1.77. The summed E-state index contributed by atoms with van der Waals surface area (Å²) in [4.78, 5) is 21.4. The number of rotatable bonds is 5. The number of amides is 1. The molecule has 3 aromatic rings. The van der Waals surface area contributed by atoms with Gasteiger partial charge in [-0.25, -0.2) is 4.98 Å². The van der Waals surface area contributed by atoms with Gasteiger partial charge in [-0.2, -0.15) is 0 Å². The van der Waals surface area contributed by atoms with Crippen LogP contribution >= 0.6 is 11.3 Å². The third-order valence-electron chi connectivity index (χ3n) is 4.47. The van der Waals surface area contributed by atoms with Crippen molar-refractivity contribution >= 4 is 28.3 Å². The maximum Gasteiger partial charge on any atom is 0.223 e. The van der Waals surface area contributed by atoms with Crippen LogP contribution < -0.4 is 5.32 Å². The maximum absolute atomic E-state index is 12.2. The zero-order valence-electron chi connectivity index (χ0n) is 13.0. The Morgan fingerprint density at radius 3 is 3.04 bits per heavy atom. The molecule has 4 rings (SSSR count). The molecule has 1 saturated carbocycles. The molecule has 1 aliphatic rings. The van der Waals surface area contributed by atoms with Gasteiger partial charge in [-0.15, -0.1) is 11.3 Å². The zero-order chi connectivity index (χ0) is 15.8. The predicted octanol–water partition coefficient (Wildman–Crippen LogP) is 3.40. The molecule has 4 nitrogen and oxygen atoms in total. The number of nitrogens with zero attached hydrogens (tertiary/aromatic N) is 1. The first-order chi connectivity index (χ1) is 11.2. The molecule has 0 bridgehead atoms. The summed E-state index contributed by atoms with van der Waals surface area (Å²) in [5, 5.41) is 5.17. The van der Waals surface area contributed by atoms with Gasteiger partial charge in [0.25, 0.3) is 0 Å².